The van der Waals surface area contributed by atoms with E-state index in [2.05, 4.69) is 11.6 Å². The van der Waals surface area contributed by atoms with Gasteiger partial charge in [0, 0.05) is 42.4 Å². The van der Waals surface area contributed by atoms with Crippen molar-refractivity contribution in [2.75, 3.05) is 6.54 Å². The summed E-state index contributed by atoms with van der Waals surface area (Å²) in [5, 5.41) is 31.6. The molecule has 2 aromatic rings. The van der Waals surface area contributed by atoms with E-state index in [0.717, 1.165) is 30.5 Å². The lowest BCUT2D eigenvalue weighted by Crippen LogP contribution is -2.06. The number of phenolic OH excluding ortho intramolecular Hbond substituents is 1. The Morgan fingerprint density at radius 3 is 2.03 bits per heavy atom. The third kappa shape index (κ3) is 11.8. The molecule has 0 bridgehead atoms. The molecular weight excluding hydrogens is 406 g/mol. The molecule has 0 fully saturated rings. The van der Waals surface area contributed by atoms with E-state index in [1.165, 1.54) is 12.5 Å². The third-order valence-corrected chi connectivity index (χ3v) is 3.98. The highest BCUT2D eigenvalue weighted by Gasteiger charge is 2.25. The van der Waals surface area contributed by atoms with Gasteiger partial charge in [0.25, 0.3) is 0 Å². The van der Waals surface area contributed by atoms with Gasteiger partial charge in [-0.15, -0.1) is 0 Å². The number of nitrogens with zero attached hydrogens (tertiary/aromatic N) is 1. The molecule has 8 heteroatoms. The molecule has 1 heterocycles. The zero-order valence-electron chi connectivity index (χ0n) is 17.9. The van der Waals surface area contributed by atoms with Gasteiger partial charge >= 0.3 is 0 Å². The summed E-state index contributed by atoms with van der Waals surface area (Å²) >= 11 is 0. The predicted octanol–water partition coefficient (Wildman–Crippen LogP) is 4.16. The van der Waals surface area contributed by atoms with Gasteiger partial charge in [-0.25, -0.2) is 8.78 Å². The Hall–Kier alpha value is -2.81. The van der Waals surface area contributed by atoms with Crippen molar-refractivity contribution in [2.24, 2.45) is 10.7 Å². The van der Waals surface area contributed by atoms with Gasteiger partial charge in [-0.05, 0) is 25.3 Å². The Balaban J connectivity index is 0.000000499. The van der Waals surface area contributed by atoms with Gasteiger partial charge in [0.2, 0.25) is 0 Å². The van der Waals surface area contributed by atoms with Crippen LogP contribution in [-0.4, -0.2) is 39.0 Å². The largest absolute Gasteiger partial charge is 0.516 e. The van der Waals surface area contributed by atoms with Crippen molar-refractivity contribution in [3.05, 3.63) is 78.1 Å². The smallest absolute Gasteiger partial charge is 0.148 e. The second-order valence-corrected chi connectivity index (χ2v) is 6.49. The zero-order chi connectivity index (χ0) is 23.8. The first-order chi connectivity index (χ1) is 14.7. The van der Waals surface area contributed by atoms with Crippen LogP contribution >= 0.6 is 0 Å². The van der Waals surface area contributed by atoms with Gasteiger partial charge in [0.1, 0.15) is 23.7 Å². The van der Waals surface area contributed by atoms with Crippen LogP contribution in [0, 0.1) is 11.6 Å². The number of hydrogen-bond donors (Lipinski definition) is 5. The van der Waals surface area contributed by atoms with E-state index < -0.39 is 17.9 Å². The molecule has 6 nitrogen and oxygen atoms in total. The number of halogens is 2. The zero-order valence-corrected chi connectivity index (χ0v) is 17.9. The fraction of sp³-hybridized carbons (Fsp3) is 0.348. The first-order valence-corrected chi connectivity index (χ1v) is 9.75. The first-order valence-electron chi connectivity index (χ1n) is 9.75. The highest BCUT2D eigenvalue weighted by Crippen LogP contribution is 2.32. The standard InChI is InChI=1S/C12H13F2NO.C7H9N.C2H6O2.C2H4O/c1-2-8-3-7(6-15-8)12-10(13)4-9(16)5-11(12)14;8-6-7-4-2-1-3-5-7;1-2(3)4;1-2-3/h4-5,7,16H,2-3,6H2,1H3;1-5H,6,8H2;2-4H,1H3;2-3H,1H2. The number of benzene rings is 2. The van der Waals surface area contributed by atoms with E-state index >= 15 is 0 Å². The Bertz CT molecular complexity index is 774. The lowest BCUT2D eigenvalue weighted by atomic mass is 9.94. The van der Waals surface area contributed by atoms with E-state index in [0.29, 0.717) is 19.5 Å². The van der Waals surface area contributed by atoms with Gasteiger partial charge in [-0.1, -0.05) is 43.8 Å². The molecule has 0 radical (unpaired) electrons. The molecule has 6 N–H and O–H groups in total. The number of phenols is 1. The fourth-order valence-electron chi connectivity index (χ4n) is 2.68. The van der Waals surface area contributed by atoms with Gasteiger partial charge in [-0.3, -0.25) is 4.99 Å². The van der Waals surface area contributed by atoms with E-state index in [1.807, 2.05) is 37.3 Å². The Labute approximate surface area is 182 Å². The normalized spacial score (nSPS) is 14.2. The summed E-state index contributed by atoms with van der Waals surface area (Å²) in [6, 6.07) is 11.9. The van der Waals surface area contributed by atoms with Crippen molar-refractivity contribution >= 4 is 5.71 Å². The topological polar surface area (TPSA) is 119 Å². The molecule has 2 aromatic carbocycles. The molecule has 3 rings (SSSR count). The molecule has 31 heavy (non-hydrogen) atoms. The van der Waals surface area contributed by atoms with Crippen LogP contribution in [0.1, 0.15) is 43.7 Å². The summed E-state index contributed by atoms with van der Waals surface area (Å²) < 4.78 is 27.1. The van der Waals surface area contributed by atoms with Crippen LogP contribution < -0.4 is 5.73 Å². The average Bonchev–Trinajstić information content (AvgIpc) is 3.17. The summed E-state index contributed by atoms with van der Waals surface area (Å²) in [5.74, 6) is -1.98. The number of aliphatic hydroxyl groups excluding tert-OH is 2. The SMILES string of the molecule is C=CO.CC(O)O.CCC1=NCC(c2c(F)cc(O)cc2F)C1.NCc1ccccc1. The summed E-state index contributed by atoms with van der Waals surface area (Å²) in [4.78, 5) is 4.24. The van der Waals surface area contributed by atoms with Crippen molar-refractivity contribution in [2.45, 2.75) is 45.4 Å². The number of aliphatic imine (C=N–C) groups is 1. The number of rotatable bonds is 3. The van der Waals surface area contributed by atoms with Crippen LogP contribution in [0.2, 0.25) is 0 Å². The summed E-state index contributed by atoms with van der Waals surface area (Å²) in [5.41, 5.74) is 7.58. The van der Waals surface area contributed by atoms with E-state index in [9.17, 15) is 8.78 Å². The van der Waals surface area contributed by atoms with Crippen LogP contribution in [-0.2, 0) is 6.54 Å². The molecule has 0 aromatic heterocycles. The number of aliphatic hydroxyl groups is 3. The number of hydrogen-bond acceptors (Lipinski definition) is 6. The van der Waals surface area contributed by atoms with Crippen molar-refractivity contribution in [3.8, 4) is 5.75 Å². The van der Waals surface area contributed by atoms with Gasteiger partial charge < -0.3 is 26.2 Å². The van der Waals surface area contributed by atoms with Crippen LogP contribution in [0.4, 0.5) is 8.78 Å². The Kier molecular flexibility index (Phi) is 14.5. The molecule has 0 saturated heterocycles. The molecular formula is C23H32F2N2O4. The minimum atomic E-state index is -1.17. The van der Waals surface area contributed by atoms with Crippen molar-refractivity contribution in [3.63, 3.8) is 0 Å². The molecule has 1 atom stereocenters. The van der Waals surface area contributed by atoms with Crippen LogP contribution in [0.3, 0.4) is 0 Å². The highest BCUT2D eigenvalue weighted by atomic mass is 19.1. The molecule has 172 valence electrons. The lowest BCUT2D eigenvalue weighted by Gasteiger charge is -2.11. The molecule has 0 aliphatic carbocycles. The average molecular weight is 439 g/mol. The van der Waals surface area contributed by atoms with Crippen molar-refractivity contribution in [1.82, 2.24) is 0 Å². The van der Waals surface area contributed by atoms with Gasteiger partial charge in [0.05, 0.1) is 6.26 Å². The van der Waals surface area contributed by atoms with Crippen molar-refractivity contribution in [1.29, 1.82) is 0 Å². The maximum absolute atomic E-state index is 13.5. The second kappa shape index (κ2) is 16.0. The van der Waals surface area contributed by atoms with Crippen molar-refractivity contribution < 1.29 is 29.2 Å². The molecule has 0 amide bonds. The second-order valence-electron chi connectivity index (χ2n) is 6.49. The Morgan fingerprint density at radius 2 is 1.68 bits per heavy atom. The number of nitrogens with two attached hydrogens (primary N) is 1. The van der Waals surface area contributed by atoms with Crippen LogP contribution in [0.25, 0.3) is 0 Å². The minimum absolute atomic E-state index is 0.0463. The summed E-state index contributed by atoms with van der Waals surface area (Å²) in [7, 11) is 0. The van der Waals surface area contributed by atoms with Crippen LogP contribution in [0.5, 0.6) is 5.75 Å². The number of aromatic hydroxyl groups is 1. The maximum atomic E-state index is 13.5. The maximum Gasteiger partial charge on any atom is 0.148 e. The predicted molar refractivity (Wildman–Crippen MR) is 119 cm³/mol. The van der Waals surface area contributed by atoms with Gasteiger partial charge in [-0.2, -0.15) is 0 Å². The molecule has 1 aliphatic rings. The highest BCUT2D eigenvalue weighted by molar-refractivity contribution is 5.86. The van der Waals surface area contributed by atoms with E-state index in [4.69, 9.17) is 26.2 Å². The summed E-state index contributed by atoms with van der Waals surface area (Å²) in [6.45, 7) is 7.24. The molecule has 0 saturated carbocycles. The molecule has 1 aliphatic heterocycles. The molecule has 0 spiro atoms. The van der Waals surface area contributed by atoms with E-state index in [1.54, 1.807) is 0 Å². The lowest BCUT2D eigenvalue weighted by molar-refractivity contribution is -0.0228. The van der Waals surface area contributed by atoms with E-state index in [-0.39, 0.29) is 17.2 Å². The summed E-state index contributed by atoms with van der Waals surface area (Å²) in [6.07, 6.45) is 1.01. The quantitative estimate of drug-likeness (QED) is 0.364. The van der Waals surface area contributed by atoms with Crippen LogP contribution in [0.15, 0.2) is 60.3 Å². The minimum Gasteiger partial charge on any atom is -0.516 e. The third-order valence-electron chi connectivity index (χ3n) is 3.98. The van der Waals surface area contributed by atoms with Gasteiger partial charge in [0.15, 0.2) is 0 Å². The monoisotopic (exact) mass is 438 g/mol. The Morgan fingerprint density at radius 1 is 1.19 bits per heavy atom. The molecule has 1 unspecified atom stereocenters. The first kappa shape index (κ1) is 28.2. The fourth-order valence-corrected chi connectivity index (χ4v) is 2.68.